The van der Waals surface area contributed by atoms with Crippen molar-refractivity contribution in [3.05, 3.63) is 65.8 Å². The molecule has 0 saturated heterocycles. The Labute approximate surface area is 139 Å². The van der Waals surface area contributed by atoms with Gasteiger partial charge in [-0.05, 0) is 41.8 Å². The summed E-state index contributed by atoms with van der Waals surface area (Å²) in [6.45, 7) is 10.0. The lowest BCUT2D eigenvalue weighted by molar-refractivity contribution is 0.1000. The van der Waals surface area contributed by atoms with Gasteiger partial charge in [0.1, 0.15) is 0 Å². The zero-order chi connectivity index (χ0) is 18.2. The number of carbonyl (C=O) groups excluding carboxylic acids is 2. The molecule has 0 radical (unpaired) electrons. The molecule has 0 aromatic heterocycles. The van der Waals surface area contributed by atoms with Gasteiger partial charge in [0.15, 0.2) is 11.6 Å². The van der Waals surface area contributed by atoms with Gasteiger partial charge in [-0.3, -0.25) is 14.2 Å². The van der Waals surface area contributed by atoms with Gasteiger partial charge < -0.3 is 9.79 Å². The lowest BCUT2D eigenvalue weighted by Gasteiger charge is -2.17. The molecule has 5 nitrogen and oxygen atoms in total. The highest BCUT2D eigenvalue weighted by Crippen LogP contribution is 2.40. The van der Waals surface area contributed by atoms with E-state index in [-0.39, 0.29) is 27.7 Å². The molecule has 0 fully saturated rings. The minimum atomic E-state index is -4.84. The molecule has 0 atom stereocenters. The third-order valence-corrected chi connectivity index (χ3v) is 4.61. The van der Waals surface area contributed by atoms with Crippen LogP contribution in [0.25, 0.3) is 10.8 Å². The van der Waals surface area contributed by atoms with Crippen molar-refractivity contribution in [3.8, 4) is 0 Å². The van der Waals surface area contributed by atoms with Gasteiger partial charge in [0.2, 0.25) is 0 Å². The average molecular weight is 344 g/mol. The molecule has 124 valence electrons. The fourth-order valence-corrected chi connectivity index (χ4v) is 3.51. The average Bonchev–Trinajstić information content (AvgIpc) is 2.50. The molecule has 0 heterocycles. The molecule has 0 aliphatic heterocycles. The van der Waals surface area contributed by atoms with E-state index >= 15 is 0 Å². The van der Waals surface area contributed by atoms with Crippen LogP contribution in [0, 0.1) is 0 Å². The number of Topliss-reactive ketones (excluding diaryl/α,β-unsaturated/α-hetero) is 2. The van der Waals surface area contributed by atoms with E-state index in [1.54, 1.807) is 18.2 Å². The summed E-state index contributed by atoms with van der Waals surface area (Å²) < 4.78 is 12.1. The summed E-state index contributed by atoms with van der Waals surface area (Å²) in [6, 6.07) is 7.88. The summed E-state index contributed by atoms with van der Waals surface area (Å²) in [5, 5.41) is 0.241. The third kappa shape index (κ3) is 3.15. The molecule has 0 saturated carbocycles. The normalized spacial score (nSPS) is 11.3. The van der Waals surface area contributed by atoms with E-state index in [0.717, 1.165) is 0 Å². The van der Waals surface area contributed by atoms with Crippen molar-refractivity contribution in [2.45, 2.75) is 13.8 Å². The predicted molar refractivity (Wildman–Crippen MR) is 93.9 cm³/mol. The molecule has 0 spiro atoms. The first-order chi connectivity index (χ1) is 11.1. The standard InChI is InChI=1S/C18H17O5P/c1-10(2)16(19)14-9-12-7-5-6-8-13(12)18(24(21,22)23)15(14)17(20)11(3)4/h5-9H,1,3H2,2,4H3,(H2,21,22,23). The van der Waals surface area contributed by atoms with Crippen LogP contribution >= 0.6 is 7.60 Å². The van der Waals surface area contributed by atoms with E-state index in [2.05, 4.69) is 13.2 Å². The number of ketones is 2. The quantitative estimate of drug-likeness (QED) is 0.494. The summed E-state index contributed by atoms with van der Waals surface area (Å²) in [7, 11) is -4.84. The molecule has 0 aliphatic rings. The predicted octanol–water partition coefficient (Wildman–Crippen LogP) is 3.16. The SMILES string of the molecule is C=C(C)C(=O)c1cc2ccccc2c(P(=O)(O)O)c1C(=O)C(=C)C. The second kappa shape index (κ2) is 6.29. The van der Waals surface area contributed by atoms with Crippen LogP contribution in [-0.4, -0.2) is 21.4 Å². The molecular weight excluding hydrogens is 327 g/mol. The Balaban J connectivity index is 3.11. The van der Waals surface area contributed by atoms with Gasteiger partial charge >= 0.3 is 7.60 Å². The van der Waals surface area contributed by atoms with Crippen molar-refractivity contribution in [2.24, 2.45) is 0 Å². The zero-order valence-electron chi connectivity index (χ0n) is 13.4. The maximum atomic E-state index is 12.6. The third-order valence-electron chi connectivity index (χ3n) is 3.56. The molecule has 0 bridgehead atoms. The Morgan fingerprint density at radius 2 is 1.54 bits per heavy atom. The highest BCUT2D eigenvalue weighted by Gasteiger charge is 2.32. The van der Waals surface area contributed by atoms with E-state index in [1.807, 2.05) is 0 Å². The van der Waals surface area contributed by atoms with Crippen molar-refractivity contribution < 1.29 is 23.9 Å². The van der Waals surface area contributed by atoms with E-state index in [1.165, 1.54) is 26.0 Å². The molecule has 2 rings (SSSR count). The first-order valence-corrected chi connectivity index (χ1v) is 8.69. The Kier molecular flexibility index (Phi) is 4.72. The molecule has 2 aromatic carbocycles. The van der Waals surface area contributed by atoms with E-state index < -0.39 is 24.5 Å². The Morgan fingerprint density at radius 1 is 1.00 bits per heavy atom. The van der Waals surface area contributed by atoms with Crippen molar-refractivity contribution in [2.75, 3.05) is 0 Å². The van der Waals surface area contributed by atoms with Crippen LogP contribution in [0.3, 0.4) is 0 Å². The molecule has 6 heteroatoms. The van der Waals surface area contributed by atoms with Gasteiger partial charge in [-0.2, -0.15) is 0 Å². The van der Waals surface area contributed by atoms with E-state index in [4.69, 9.17) is 0 Å². The summed E-state index contributed by atoms with van der Waals surface area (Å²) in [6.07, 6.45) is 0. The monoisotopic (exact) mass is 344 g/mol. The van der Waals surface area contributed by atoms with Gasteiger partial charge in [0.05, 0.1) is 5.30 Å². The molecule has 24 heavy (non-hydrogen) atoms. The minimum Gasteiger partial charge on any atom is -0.321 e. The van der Waals surface area contributed by atoms with Gasteiger partial charge in [-0.15, -0.1) is 0 Å². The van der Waals surface area contributed by atoms with Gasteiger partial charge in [-0.25, -0.2) is 0 Å². The van der Waals surface area contributed by atoms with Crippen LogP contribution in [0.15, 0.2) is 54.6 Å². The van der Waals surface area contributed by atoms with Crippen LogP contribution in [0.2, 0.25) is 0 Å². The molecular formula is C18H17O5P. The maximum absolute atomic E-state index is 12.6. The van der Waals surface area contributed by atoms with Gasteiger partial charge in [0, 0.05) is 11.1 Å². The van der Waals surface area contributed by atoms with Crippen molar-refractivity contribution in [1.29, 1.82) is 0 Å². The lowest BCUT2D eigenvalue weighted by atomic mass is 9.91. The Hall–Kier alpha value is -2.33. The summed E-state index contributed by atoms with van der Waals surface area (Å²) >= 11 is 0. The largest absolute Gasteiger partial charge is 0.357 e. The topological polar surface area (TPSA) is 91.7 Å². The first-order valence-electron chi connectivity index (χ1n) is 7.08. The zero-order valence-corrected chi connectivity index (χ0v) is 14.3. The van der Waals surface area contributed by atoms with E-state index in [9.17, 15) is 23.9 Å². The van der Waals surface area contributed by atoms with Gasteiger partial charge in [0.25, 0.3) is 0 Å². The van der Waals surface area contributed by atoms with Gasteiger partial charge in [-0.1, -0.05) is 37.4 Å². The number of carbonyl (C=O) groups is 2. The van der Waals surface area contributed by atoms with Crippen LogP contribution in [0.4, 0.5) is 0 Å². The number of benzene rings is 2. The fourth-order valence-electron chi connectivity index (χ4n) is 2.48. The fraction of sp³-hybridized carbons (Fsp3) is 0.111. The number of allylic oxidation sites excluding steroid dienone is 2. The molecule has 2 N–H and O–H groups in total. The second-order valence-electron chi connectivity index (χ2n) is 5.63. The molecule has 0 amide bonds. The van der Waals surface area contributed by atoms with Crippen LogP contribution in [0.5, 0.6) is 0 Å². The summed E-state index contributed by atoms with van der Waals surface area (Å²) in [5.74, 6) is -1.22. The summed E-state index contributed by atoms with van der Waals surface area (Å²) in [4.78, 5) is 44.7. The Morgan fingerprint density at radius 3 is 2.04 bits per heavy atom. The number of hydrogen-bond donors (Lipinski definition) is 2. The van der Waals surface area contributed by atoms with Crippen molar-refractivity contribution in [3.63, 3.8) is 0 Å². The Bertz CT molecular complexity index is 949. The number of rotatable bonds is 5. The lowest BCUT2D eigenvalue weighted by Crippen LogP contribution is -2.23. The molecule has 0 aliphatic carbocycles. The number of fused-ring (bicyclic) bond motifs is 1. The molecule has 2 aromatic rings. The minimum absolute atomic E-state index is 0.0764. The van der Waals surface area contributed by atoms with Crippen molar-refractivity contribution in [1.82, 2.24) is 0 Å². The highest BCUT2D eigenvalue weighted by atomic mass is 31.2. The van der Waals surface area contributed by atoms with Crippen LogP contribution in [-0.2, 0) is 4.57 Å². The van der Waals surface area contributed by atoms with Crippen LogP contribution in [0.1, 0.15) is 34.6 Å². The smallest absolute Gasteiger partial charge is 0.321 e. The summed E-state index contributed by atoms with van der Waals surface area (Å²) in [5.41, 5.74) is -0.136. The van der Waals surface area contributed by atoms with Crippen LogP contribution < -0.4 is 5.30 Å². The van der Waals surface area contributed by atoms with E-state index in [0.29, 0.717) is 5.39 Å². The maximum Gasteiger partial charge on any atom is 0.357 e. The first kappa shape index (κ1) is 18.0. The molecule has 0 unspecified atom stereocenters. The highest BCUT2D eigenvalue weighted by molar-refractivity contribution is 7.61. The number of hydrogen-bond acceptors (Lipinski definition) is 3. The van der Waals surface area contributed by atoms with Crippen molar-refractivity contribution >= 4 is 35.2 Å². The second-order valence-corrected chi connectivity index (χ2v) is 7.17.